The summed E-state index contributed by atoms with van der Waals surface area (Å²) < 4.78 is 28.7. The number of hydrogen-bond donors (Lipinski definition) is 20. The van der Waals surface area contributed by atoms with Gasteiger partial charge in [-0.1, -0.05) is 6.92 Å². The van der Waals surface area contributed by atoms with Gasteiger partial charge >= 0.3 is 6.09 Å². The number of aromatic nitrogens is 6. The molecule has 0 aromatic carbocycles. The summed E-state index contributed by atoms with van der Waals surface area (Å²) in [4.78, 5) is 130. The highest BCUT2D eigenvalue weighted by Crippen LogP contribution is 2.35. The molecule has 4 aromatic heterocycles. The third kappa shape index (κ3) is 20.4. The molecule has 2 aliphatic heterocycles. The predicted octanol–water partition coefficient (Wildman–Crippen LogP) is -7.22. The van der Waals surface area contributed by atoms with Crippen LogP contribution in [0.5, 0.6) is 0 Å². The van der Waals surface area contributed by atoms with Crippen molar-refractivity contribution in [2.24, 2.45) is 28.9 Å². The molecule has 8 amide bonds. The molecule has 95 heavy (non-hydrogen) atoms. The number of thioether (sulfide) groups is 1. The largest absolute Gasteiger partial charge is 0.441 e. The number of carbonyl (C=O) groups excluding carboxylic acids is 8. The summed E-state index contributed by atoms with van der Waals surface area (Å²) in [6.07, 6.45) is -22.3. The number of nitrogens with zero attached hydrogens (tertiary/aromatic N) is 5. The lowest BCUT2D eigenvalue weighted by Gasteiger charge is -2.47. The van der Waals surface area contributed by atoms with Crippen molar-refractivity contribution in [2.75, 3.05) is 50.6 Å². The van der Waals surface area contributed by atoms with E-state index in [0.717, 1.165) is 24.7 Å². The summed E-state index contributed by atoms with van der Waals surface area (Å²) >= 11 is 4.19. The summed E-state index contributed by atoms with van der Waals surface area (Å²) in [6.45, 7) is 3.15. The Bertz CT molecular complexity index is 3250. The van der Waals surface area contributed by atoms with Gasteiger partial charge < -0.3 is 130 Å². The predicted molar refractivity (Wildman–Crippen MR) is 333 cm³/mol. The number of imidazole rings is 1. The number of amides is 8. The zero-order valence-corrected chi connectivity index (χ0v) is 54.3. The van der Waals surface area contributed by atoms with Crippen molar-refractivity contribution in [2.45, 2.75) is 157 Å². The maximum Gasteiger partial charge on any atom is 0.404 e. The van der Waals surface area contributed by atoms with Crippen molar-refractivity contribution in [1.82, 2.24) is 61.8 Å². The smallest absolute Gasteiger partial charge is 0.404 e. The Kier molecular flexibility index (Phi) is 28.8. The molecule has 6 rings (SSSR count). The Morgan fingerprint density at radius 1 is 0.789 bits per heavy atom. The number of hydrogen-bond acceptors (Lipinski definition) is 32. The number of aromatic amines is 1. The number of H-pyrrole nitrogens is 1. The van der Waals surface area contributed by atoms with Gasteiger partial charge in [0.2, 0.25) is 29.5 Å². The summed E-state index contributed by atoms with van der Waals surface area (Å²) in [5.74, 6) is -7.80. The third-order valence-corrected chi connectivity index (χ3v) is 17.5. The normalized spacial score (nSPS) is 24.1. The number of thiazole rings is 2. The first-order chi connectivity index (χ1) is 45.0. The summed E-state index contributed by atoms with van der Waals surface area (Å²) in [6, 6.07) is -7.85. The molecule has 6 heterocycles. The van der Waals surface area contributed by atoms with E-state index in [0.29, 0.717) is 22.3 Å². The standard InChI is InChI=1S/C54H81N17O21S3/c1-19-32(68-45(71-43(19)57)24(11-30(56)75)63-12-23(55)44(58)81)49(85)70-34(40(25-13-60-18-64-25)90-53-42(38(79)36(77)28(14-72)89-53)91-52-39(80)41(92-54(59)87)37(78)29(15-73)88-52)50(86)65-21(3)35(76)20(2)46(82)69-33(22(4)74)48(84)62-9-7-31-66-27(17-94-31)51-67-26(16-95-51)47(83)61-8-6-10-93-5/h13,16-18,20-24,28-29,33-42,52-53,63,72-74,76-80H,6-12,14-15,55H2,1-5H3,(H2,56,75)(H2,58,81)(H2,59,87)(H,60,64)(H,61,83)(H,62,84)(H,65,86)(H,69,82)(H,70,85)(H2,57,68,71)/t20-,21+,22+,23-,24?,28?,29?,33?,34-,35-,36+,37+,38?,39?,40?,41?,42?,52+,53-/m0/s1. The number of anilines is 1. The fourth-order valence-corrected chi connectivity index (χ4v) is 11.7. The number of aliphatic hydroxyl groups excluding tert-OH is 8. The summed E-state index contributed by atoms with van der Waals surface area (Å²) in [5, 5.41) is 108. The maximum atomic E-state index is 15.2. The average molecular weight is 1400 g/mol. The zero-order chi connectivity index (χ0) is 70.1. The van der Waals surface area contributed by atoms with Crippen LogP contribution >= 0.6 is 34.4 Å². The van der Waals surface area contributed by atoms with E-state index in [9.17, 15) is 74.4 Å². The van der Waals surface area contributed by atoms with Gasteiger partial charge in [-0.05, 0) is 39.2 Å². The fraction of sp³-hybridized carbons (Fsp3) is 0.611. The average Bonchev–Trinajstić information content (AvgIpc) is 1.31. The zero-order valence-electron chi connectivity index (χ0n) is 51.9. The molecule has 0 spiro atoms. The first-order valence-electron chi connectivity index (χ1n) is 29.4. The van der Waals surface area contributed by atoms with Gasteiger partial charge in [0, 0.05) is 48.8 Å². The van der Waals surface area contributed by atoms with Crippen LogP contribution < -0.4 is 60.6 Å². The van der Waals surface area contributed by atoms with Gasteiger partial charge in [-0.2, -0.15) is 11.8 Å². The Balaban J connectivity index is 1.27. The van der Waals surface area contributed by atoms with E-state index in [1.807, 2.05) is 6.26 Å². The number of nitrogens with one attached hydrogen (secondary N) is 7. The van der Waals surface area contributed by atoms with Crippen LogP contribution in [0.15, 0.2) is 23.3 Å². The molecule has 0 saturated carbocycles. The molecule has 41 heteroatoms. The van der Waals surface area contributed by atoms with E-state index in [1.54, 1.807) is 22.5 Å². The van der Waals surface area contributed by atoms with Crippen molar-refractivity contribution < 1.29 is 103 Å². The molecule has 0 radical (unpaired) electrons. The molecule has 9 unspecified atom stereocenters. The van der Waals surface area contributed by atoms with Gasteiger partial charge in [0.25, 0.3) is 11.8 Å². The molecule has 526 valence electrons. The molecule has 25 N–H and O–H groups in total. The second-order valence-electron chi connectivity index (χ2n) is 22.1. The van der Waals surface area contributed by atoms with Crippen LogP contribution in [0.2, 0.25) is 0 Å². The number of rotatable bonds is 35. The van der Waals surface area contributed by atoms with Gasteiger partial charge in [-0.15, -0.1) is 22.7 Å². The van der Waals surface area contributed by atoms with Crippen LogP contribution in [0.1, 0.15) is 88.8 Å². The van der Waals surface area contributed by atoms with Crippen molar-refractivity contribution in [3.8, 4) is 10.7 Å². The van der Waals surface area contributed by atoms with Crippen LogP contribution in [0.3, 0.4) is 0 Å². The first-order valence-corrected chi connectivity index (χ1v) is 32.6. The van der Waals surface area contributed by atoms with Crippen LogP contribution in [0.4, 0.5) is 10.6 Å². The van der Waals surface area contributed by atoms with E-state index in [2.05, 4.69) is 61.8 Å². The Morgan fingerprint density at radius 2 is 1.48 bits per heavy atom. The molecular formula is C54H81N17O21S3. The van der Waals surface area contributed by atoms with E-state index in [-0.39, 0.29) is 54.0 Å². The van der Waals surface area contributed by atoms with Crippen LogP contribution in [0.25, 0.3) is 10.7 Å². The SMILES string of the molecule is CSCCCNC(=O)c1csc(-c2csc(CCNC(=O)C(NC(=O)[C@@H](C)[C@H](O)[C@@H](C)NC(=O)[C@@H](NC(=O)c3nc(C(CC(N)=O)NC[C@H](N)C(N)=O)nc(N)c3C)C(O[C@@H]3OC(CO)[C@@H](O)C(O)C3O[C@H]3OC(CO)[C@@H](O)C(OC(N)=O)C3O)c3cnc[nH]3)[C@@H](C)O)n2)n1. The van der Waals surface area contributed by atoms with Gasteiger partial charge in [0.15, 0.2) is 18.7 Å². The van der Waals surface area contributed by atoms with Crippen molar-refractivity contribution in [3.05, 3.63) is 56.8 Å². The van der Waals surface area contributed by atoms with E-state index >= 15 is 4.79 Å². The Morgan fingerprint density at radius 3 is 2.12 bits per heavy atom. The van der Waals surface area contributed by atoms with Crippen LogP contribution in [-0.4, -0.2) is 261 Å². The Hall–Kier alpha value is -7.30. The minimum absolute atomic E-state index is 0.00588. The van der Waals surface area contributed by atoms with Gasteiger partial charge in [0.1, 0.15) is 94.6 Å². The van der Waals surface area contributed by atoms with E-state index < -0.39 is 183 Å². The molecule has 0 bridgehead atoms. The van der Waals surface area contributed by atoms with E-state index in [4.69, 9.17) is 52.4 Å². The second kappa shape index (κ2) is 35.6. The lowest BCUT2D eigenvalue weighted by atomic mass is 9.96. The number of nitrogens with two attached hydrogens (primary N) is 5. The van der Waals surface area contributed by atoms with Gasteiger partial charge in [0.05, 0.1) is 72.7 Å². The first kappa shape index (κ1) is 76.7. The quantitative estimate of drug-likeness (QED) is 0.0190. The molecule has 0 aliphatic carbocycles. The molecule has 2 aliphatic rings. The minimum atomic E-state index is -2.20. The second-order valence-corrected chi connectivity index (χ2v) is 24.9. The molecule has 19 atom stereocenters. The van der Waals surface area contributed by atoms with Crippen LogP contribution in [0, 0.1) is 12.8 Å². The number of nitrogen functional groups attached to an aromatic ring is 1. The topological polar surface area (TPSA) is 627 Å². The lowest BCUT2D eigenvalue weighted by molar-refractivity contribution is -0.372. The number of carbonyl (C=O) groups is 8. The number of aliphatic hydroxyl groups is 8. The molecular weight excluding hydrogens is 1320 g/mol. The summed E-state index contributed by atoms with van der Waals surface area (Å²) in [5.41, 5.74) is 28.0. The molecule has 2 fully saturated rings. The number of primary amides is 3. The summed E-state index contributed by atoms with van der Waals surface area (Å²) in [7, 11) is 0. The maximum absolute atomic E-state index is 15.2. The minimum Gasteiger partial charge on any atom is -0.441 e. The van der Waals surface area contributed by atoms with Gasteiger partial charge in [-0.3, -0.25) is 33.6 Å². The van der Waals surface area contributed by atoms with Crippen molar-refractivity contribution in [1.29, 1.82) is 0 Å². The van der Waals surface area contributed by atoms with E-state index in [1.165, 1.54) is 50.4 Å². The Labute approximate surface area is 553 Å². The van der Waals surface area contributed by atoms with Crippen molar-refractivity contribution in [3.63, 3.8) is 0 Å². The lowest BCUT2D eigenvalue weighted by Crippen LogP contribution is -2.65. The van der Waals surface area contributed by atoms with Crippen molar-refractivity contribution >= 4 is 87.7 Å². The van der Waals surface area contributed by atoms with Gasteiger partial charge in [-0.25, -0.2) is 29.7 Å². The molecule has 38 nitrogen and oxygen atoms in total. The molecule has 4 aromatic rings. The third-order valence-electron chi connectivity index (χ3n) is 15.1. The number of ether oxygens (including phenoxy) is 5. The highest BCUT2D eigenvalue weighted by Gasteiger charge is 2.54. The van der Waals surface area contributed by atoms with Crippen LogP contribution in [-0.2, 0) is 54.1 Å². The highest BCUT2D eigenvalue weighted by molar-refractivity contribution is 7.98. The fourth-order valence-electron chi connectivity index (χ4n) is 9.65. The monoisotopic (exact) mass is 1400 g/mol. The molecule has 2 saturated heterocycles. The highest BCUT2D eigenvalue weighted by atomic mass is 32.2.